The summed E-state index contributed by atoms with van der Waals surface area (Å²) in [7, 11) is 0. The molecule has 1 aliphatic heterocycles. The van der Waals surface area contributed by atoms with Gasteiger partial charge in [0.05, 0.1) is 5.71 Å². The molecule has 0 radical (unpaired) electrons. The molecular weight excluding hydrogens is 312 g/mol. The van der Waals surface area contributed by atoms with Gasteiger partial charge in [-0.15, -0.1) is 5.92 Å². The summed E-state index contributed by atoms with van der Waals surface area (Å²) in [5, 5.41) is 5.94. The van der Waals surface area contributed by atoms with Gasteiger partial charge in [0.1, 0.15) is 18.0 Å². The van der Waals surface area contributed by atoms with Gasteiger partial charge in [-0.1, -0.05) is 31.0 Å². The van der Waals surface area contributed by atoms with E-state index in [9.17, 15) is 4.79 Å². The zero-order valence-corrected chi connectivity index (χ0v) is 14.2. The molecule has 0 spiro atoms. The van der Waals surface area contributed by atoms with Crippen molar-refractivity contribution in [2.24, 2.45) is 5.10 Å². The van der Waals surface area contributed by atoms with Crippen LogP contribution in [0.25, 0.3) is 0 Å². The minimum atomic E-state index is 0.0261. The summed E-state index contributed by atoms with van der Waals surface area (Å²) >= 11 is 0. The second-order valence-electron chi connectivity index (χ2n) is 5.64. The first-order valence-electron chi connectivity index (χ1n) is 8.43. The maximum Gasteiger partial charge on any atom is 0.243 e. The smallest absolute Gasteiger partial charge is 0.243 e. The van der Waals surface area contributed by atoms with E-state index in [1.54, 1.807) is 0 Å². The van der Waals surface area contributed by atoms with Crippen molar-refractivity contribution in [3.05, 3.63) is 60.2 Å². The molecule has 0 atom stereocenters. The van der Waals surface area contributed by atoms with E-state index in [0.717, 1.165) is 29.2 Å². The number of hydrogen-bond donors (Lipinski definition) is 0. The van der Waals surface area contributed by atoms with Crippen LogP contribution in [0.4, 0.5) is 0 Å². The van der Waals surface area contributed by atoms with Crippen molar-refractivity contribution in [1.29, 1.82) is 0 Å². The van der Waals surface area contributed by atoms with E-state index in [-0.39, 0.29) is 5.91 Å². The average Bonchev–Trinajstić information content (AvgIpc) is 2.65. The molecule has 0 saturated carbocycles. The van der Waals surface area contributed by atoms with Gasteiger partial charge in [-0.2, -0.15) is 5.10 Å². The molecule has 1 heterocycles. The van der Waals surface area contributed by atoms with Crippen LogP contribution in [0.5, 0.6) is 11.5 Å². The summed E-state index contributed by atoms with van der Waals surface area (Å²) in [6.45, 7) is 2.34. The molecule has 25 heavy (non-hydrogen) atoms. The van der Waals surface area contributed by atoms with Gasteiger partial charge in [-0.3, -0.25) is 4.79 Å². The molecule has 4 nitrogen and oxygen atoms in total. The number of para-hydroxylation sites is 1. The monoisotopic (exact) mass is 332 g/mol. The Morgan fingerprint density at radius 2 is 1.72 bits per heavy atom. The molecule has 0 aromatic heterocycles. The van der Waals surface area contributed by atoms with E-state index in [2.05, 4.69) is 16.9 Å². The Bertz CT molecular complexity index is 814. The van der Waals surface area contributed by atoms with Crippen LogP contribution < -0.4 is 4.74 Å². The van der Waals surface area contributed by atoms with Crippen molar-refractivity contribution >= 4 is 11.6 Å². The van der Waals surface area contributed by atoms with Gasteiger partial charge in [0, 0.05) is 19.3 Å². The van der Waals surface area contributed by atoms with Crippen LogP contribution in [0.1, 0.15) is 31.7 Å². The fourth-order valence-corrected chi connectivity index (χ4v) is 2.53. The highest BCUT2D eigenvalue weighted by molar-refractivity contribution is 6.04. The van der Waals surface area contributed by atoms with Gasteiger partial charge in [-0.05, 0) is 42.0 Å². The highest BCUT2D eigenvalue weighted by atomic mass is 16.5. The molecule has 0 aliphatic carbocycles. The lowest BCUT2D eigenvalue weighted by molar-refractivity contribution is -0.131. The first-order valence-corrected chi connectivity index (χ1v) is 8.43. The number of rotatable bonds is 4. The minimum absolute atomic E-state index is 0.0261. The van der Waals surface area contributed by atoms with E-state index in [1.807, 2.05) is 61.5 Å². The highest BCUT2D eigenvalue weighted by Crippen LogP contribution is 2.23. The molecule has 0 unspecified atom stereocenters. The summed E-state index contributed by atoms with van der Waals surface area (Å²) in [5.74, 6) is 7.54. The molecule has 2 aromatic carbocycles. The van der Waals surface area contributed by atoms with Gasteiger partial charge >= 0.3 is 0 Å². The van der Waals surface area contributed by atoms with Crippen molar-refractivity contribution in [2.75, 3.05) is 6.54 Å². The number of benzene rings is 2. The number of ether oxygens (including phenoxy) is 1. The van der Waals surface area contributed by atoms with Crippen LogP contribution in [-0.4, -0.2) is 23.2 Å². The first-order chi connectivity index (χ1) is 12.3. The van der Waals surface area contributed by atoms with E-state index < -0.39 is 0 Å². The number of amides is 1. The van der Waals surface area contributed by atoms with Gasteiger partial charge < -0.3 is 4.74 Å². The van der Waals surface area contributed by atoms with Crippen molar-refractivity contribution < 1.29 is 9.53 Å². The summed E-state index contributed by atoms with van der Waals surface area (Å²) in [5.41, 5.74) is 1.91. The molecule has 0 saturated heterocycles. The number of hydrogen-bond acceptors (Lipinski definition) is 3. The third kappa shape index (κ3) is 4.48. The molecule has 126 valence electrons. The maximum atomic E-state index is 12.0. The van der Waals surface area contributed by atoms with Crippen LogP contribution in [0.15, 0.2) is 59.7 Å². The van der Waals surface area contributed by atoms with Gasteiger partial charge in [0.2, 0.25) is 5.91 Å². The Morgan fingerprint density at radius 1 is 1.00 bits per heavy atom. The number of hydrazone groups is 1. The van der Waals surface area contributed by atoms with E-state index in [4.69, 9.17) is 4.74 Å². The SMILES string of the molecule is CCC#CCN1N=C(c2ccc(Oc3ccccc3)cc2)CCC1=O. The van der Waals surface area contributed by atoms with Crippen LogP contribution in [0, 0.1) is 11.8 Å². The predicted octanol–water partition coefficient (Wildman–Crippen LogP) is 4.22. The lowest BCUT2D eigenvalue weighted by Crippen LogP contribution is -2.32. The van der Waals surface area contributed by atoms with Crippen molar-refractivity contribution in [3.8, 4) is 23.3 Å². The lowest BCUT2D eigenvalue weighted by atomic mass is 10.0. The second-order valence-corrected chi connectivity index (χ2v) is 5.64. The van der Waals surface area contributed by atoms with Gasteiger partial charge in [0.25, 0.3) is 0 Å². The third-order valence-corrected chi connectivity index (χ3v) is 3.80. The maximum absolute atomic E-state index is 12.0. The summed E-state index contributed by atoms with van der Waals surface area (Å²) < 4.78 is 5.80. The van der Waals surface area contributed by atoms with E-state index in [0.29, 0.717) is 19.4 Å². The quantitative estimate of drug-likeness (QED) is 0.787. The van der Waals surface area contributed by atoms with Gasteiger partial charge in [-0.25, -0.2) is 5.01 Å². The molecule has 1 aliphatic rings. The van der Waals surface area contributed by atoms with E-state index in [1.165, 1.54) is 5.01 Å². The van der Waals surface area contributed by atoms with E-state index >= 15 is 0 Å². The molecule has 2 aromatic rings. The molecule has 1 amide bonds. The molecular formula is C21H20N2O2. The number of carbonyl (C=O) groups excluding carboxylic acids is 1. The Morgan fingerprint density at radius 3 is 2.44 bits per heavy atom. The third-order valence-electron chi connectivity index (χ3n) is 3.80. The van der Waals surface area contributed by atoms with Crippen molar-refractivity contribution in [1.82, 2.24) is 5.01 Å². The van der Waals surface area contributed by atoms with Crippen molar-refractivity contribution in [2.45, 2.75) is 26.2 Å². The number of nitrogens with zero attached hydrogens (tertiary/aromatic N) is 2. The highest BCUT2D eigenvalue weighted by Gasteiger charge is 2.20. The molecule has 0 fully saturated rings. The molecule has 0 bridgehead atoms. The normalized spacial score (nSPS) is 13.7. The zero-order chi connectivity index (χ0) is 17.5. The molecule has 3 rings (SSSR count). The Kier molecular flexibility index (Phi) is 5.48. The van der Waals surface area contributed by atoms with Crippen LogP contribution >= 0.6 is 0 Å². The Labute approximate surface area is 148 Å². The van der Waals surface area contributed by atoms with Crippen LogP contribution in [-0.2, 0) is 4.79 Å². The summed E-state index contributed by atoms with van der Waals surface area (Å²) in [6.07, 6.45) is 1.89. The predicted molar refractivity (Wildman–Crippen MR) is 98.5 cm³/mol. The lowest BCUT2D eigenvalue weighted by Gasteiger charge is -2.21. The van der Waals surface area contributed by atoms with Crippen LogP contribution in [0.3, 0.4) is 0 Å². The largest absolute Gasteiger partial charge is 0.457 e. The topological polar surface area (TPSA) is 41.9 Å². The van der Waals surface area contributed by atoms with Crippen molar-refractivity contribution in [3.63, 3.8) is 0 Å². The second kappa shape index (κ2) is 8.16. The van der Waals surface area contributed by atoms with Gasteiger partial charge in [0.15, 0.2) is 0 Å². The summed E-state index contributed by atoms with van der Waals surface area (Å²) in [6, 6.07) is 17.5. The average molecular weight is 332 g/mol. The number of carbonyl (C=O) groups is 1. The first kappa shape index (κ1) is 16.8. The Hall–Kier alpha value is -3.06. The zero-order valence-electron chi connectivity index (χ0n) is 14.2. The van der Waals surface area contributed by atoms with Crippen LogP contribution in [0.2, 0.25) is 0 Å². The standard InChI is InChI=1S/C21H20N2O2/c1-2-3-7-16-23-21(24)15-14-20(22-23)17-10-12-19(13-11-17)25-18-8-5-4-6-9-18/h4-6,8-13H,2,14-16H2,1H3. The summed E-state index contributed by atoms with van der Waals surface area (Å²) in [4.78, 5) is 12.0. The minimum Gasteiger partial charge on any atom is -0.457 e. The molecule has 4 heteroatoms. The molecule has 0 N–H and O–H groups in total. The fourth-order valence-electron chi connectivity index (χ4n) is 2.53. The fraction of sp³-hybridized carbons (Fsp3) is 0.238. The Balaban J connectivity index is 1.72.